The number of carbonyl (C=O) groups excluding carboxylic acids is 2. The first kappa shape index (κ1) is 20.6. The molecule has 2 heterocycles. The van der Waals surface area contributed by atoms with Crippen LogP contribution in [0.3, 0.4) is 0 Å². The second-order valence-corrected chi connectivity index (χ2v) is 7.47. The molecule has 2 atom stereocenters. The molecule has 0 bridgehead atoms. The number of hydrogen-bond donors (Lipinski definition) is 1. The highest BCUT2D eigenvalue weighted by atomic mass is 16.5. The van der Waals surface area contributed by atoms with Crippen LogP contribution in [0.25, 0.3) is 0 Å². The highest BCUT2D eigenvalue weighted by Crippen LogP contribution is 2.36. The zero-order chi connectivity index (χ0) is 19.9. The van der Waals surface area contributed by atoms with Gasteiger partial charge < -0.3 is 19.7 Å². The fraction of sp³-hybridized carbons (Fsp3) is 0.619. The number of nitrogens with one attached hydrogen (secondary N) is 1. The normalized spacial score (nSPS) is 23.5. The number of ether oxygens (including phenoxy) is 2. The van der Waals surface area contributed by atoms with Crippen molar-refractivity contribution in [1.29, 1.82) is 0 Å². The van der Waals surface area contributed by atoms with Crippen molar-refractivity contribution in [2.24, 2.45) is 5.92 Å². The average Bonchev–Trinajstić information content (AvgIpc) is 2.74. The van der Waals surface area contributed by atoms with Crippen LogP contribution in [-0.2, 0) is 14.3 Å². The van der Waals surface area contributed by atoms with Crippen molar-refractivity contribution >= 4 is 11.8 Å². The van der Waals surface area contributed by atoms with Crippen LogP contribution < -0.4 is 10.1 Å². The second kappa shape index (κ2) is 9.89. The fourth-order valence-corrected chi connectivity index (χ4v) is 4.04. The molecule has 2 aliphatic rings. The number of piperidine rings is 1. The Hall–Kier alpha value is -2.12. The molecular weight excluding hydrogens is 358 g/mol. The zero-order valence-electron chi connectivity index (χ0n) is 16.9. The average molecular weight is 389 g/mol. The predicted octanol–water partition coefficient (Wildman–Crippen LogP) is 1.44. The molecule has 0 unspecified atom stereocenters. The Balaban J connectivity index is 1.58. The van der Waals surface area contributed by atoms with Gasteiger partial charge >= 0.3 is 0 Å². The molecule has 1 aromatic rings. The first-order chi connectivity index (χ1) is 13.6. The molecule has 7 heteroatoms. The van der Waals surface area contributed by atoms with E-state index in [0.29, 0.717) is 19.4 Å². The van der Waals surface area contributed by atoms with E-state index in [-0.39, 0.29) is 23.8 Å². The molecule has 2 saturated heterocycles. The first-order valence-electron chi connectivity index (χ1n) is 10.1. The van der Waals surface area contributed by atoms with E-state index < -0.39 is 0 Å². The van der Waals surface area contributed by atoms with Gasteiger partial charge in [0.15, 0.2) is 0 Å². The Labute approximate surface area is 167 Å². The van der Waals surface area contributed by atoms with Gasteiger partial charge in [-0.25, -0.2) is 0 Å². The summed E-state index contributed by atoms with van der Waals surface area (Å²) in [6.07, 6.45) is 1.91. The van der Waals surface area contributed by atoms with Crippen LogP contribution in [-0.4, -0.2) is 75.2 Å². The quantitative estimate of drug-likeness (QED) is 0.715. The number of nitrogens with zero attached hydrogens (tertiary/aromatic N) is 2. The Morgan fingerprint density at radius 1 is 1.25 bits per heavy atom. The van der Waals surface area contributed by atoms with E-state index in [2.05, 4.69) is 10.2 Å². The molecule has 0 aliphatic carbocycles. The monoisotopic (exact) mass is 389 g/mol. The summed E-state index contributed by atoms with van der Waals surface area (Å²) in [5.41, 5.74) is 0.963. The summed E-state index contributed by atoms with van der Waals surface area (Å²) in [5.74, 6) is 0.636. The Morgan fingerprint density at radius 3 is 2.64 bits per heavy atom. The van der Waals surface area contributed by atoms with Crippen LogP contribution in [0.4, 0.5) is 0 Å². The van der Waals surface area contributed by atoms with Crippen molar-refractivity contribution < 1.29 is 19.1 Å². The number of amides is 2. The number of carbonyl (C=O) groups is 2. The molecule has 0 saturated carbocycles. The lowest BCUT2D eigenvalue weighted by atomic mass is 9.84. The van der Waals surface area contributed by atoms with Crippen molar-refractivity contribution in [3.63, 3.8) is 0 Å². The standard InChI is InChI=1S/C21H31N3O4/c1-23-19(25)9-8-18(20(23)16-4-6-17(27-2)7-5-16)21(26)22-10-3-11-24-12-14-28-15-13-24/h4-7,18,20H,3,8-15H2,1-2H3,(H,22,26)/t18-,20+/m1/s1. The summed E-state index contributed by atoms with van der Waals surface area (Å²) in [7, 11) is 3.41. The number of methoxy groups -OCH3 is 1. The van der Waals surface area contributed by atoms with Gasteiger partial charge in [-0.3, -0.25) is 14.5 Å². The predicted molar refractivity (Wildman–Crippen MR) is 106 cm³/mol. The molecule has 0 aromatic heterocycles. The van der Waals surface area contributed by atoms with Crippen LogP contribution in [0.5, 0.6) is 5.75 Å². The van der Waals surface area contributed by atoms with E-state index >= 15 is 0 Å². The van der Waals surface area contributed by atoms with Gasteiger partial charge in [0.2, 0.25) is 11.8 Å². The number of benzene rings is 1. The minimum absolute atomic E-state index is 0.0298. The number of rotatable bonds is 7. The molecule has 1 N–H and O–H groups in total. The van der Waals surface area contributed by atoms with E-state index in [0.717, 1.165) is 50.6 Å². The van der Waals surface area contributed by atoms with Gasteiger partial charge in [0.25, 0.3) is 0 Å². The molecule has 28 heavy (non-hydrogen) atoms. The van der Waals surface area contributed by atoms with E-state index in [1.54, 1.807) is 19.1 Å². The Kier molecular flexibility index (Phi) is 7.28. The Bertz CT molecular complexity index is 658. The van der Waals surface area contributed by atoms with Crippen molar-refractivity contribution in [3.8, 4) is 5.75 Å². The molecule has 3 rings (SSSR count). The molecule has 2 amide bonds. The second-order valence-electron chi connectivity index (χ2n) is 7.47. The molecule has 0 radical (unpaired) electrons. The van der Waals surface area contributed by atoms with E-state index in [9.17, 15) is 9.59 Å². The molecule has 7 nitrogen and oxygen atoms in total. The number of likely N-dealkylation sites (tertiary alicyclic amines) is 1. The third kappa shape index (κ3) is 5.02. The van der Waals surface area contributed by atoms with Gasteiger partial charge in [-0.05, 0) is 37.1 Å². The summed E-state index contributed by atoms with van der Waals surface area (Å²) in [6, 6.07) is 7.39. The summed E-state index contributed by atoms with van der Waals surface area (Å²) < 4.78 is 10.6. The van der Waals surface area contributed by atoms with Gasteiger partial charge in [-0.15, -0.1) is 0 Å². The lowest BCUT2D eigenvalue weighted by Gasteiger charge is -2.38. The van der Waals surface area contributed by atoms with Gasteiger partial charge in [-0.1, -0.05) is 12.1 Å². The van der Waals surface area contributed by atoms with Crippen molar-refractivity contribution in [2.45, 2.75) is 25.3 Å². The van der Waals surface area contributed by atoms with Crippen LogP contribution in [0.2, 0.25) is 0 Å². The summed E-state index contributed by atoms with van der Waals surface area (Å²) >= 11 is 0. The summed E-state index contributed by atoms with van der Waals surface area (Å²) in [5, 5.41) is 3.09. The topological polar surface area (TPSA) is 71.1 Å². The molecule has 0 spiro atoms. The third-order valence-corrected chi connectivity index (χ3v) is 5.71. The van der Waals surface area contributed by atoms with Crippen LogP contribution in [0.1, 0.15) is 30.9 Å². The van der Waals surface area contributed by atoms with Crippen molar-refractivity contribution in [1.82, 2.24) is 15.1 Å². The Morgan fingerprint density at radius 2 is 1.96 bits per heavy atom. The largest absolute Gasteiger partial charge is 0.497 e. The van der Waals surface area contributed by atoms with Crippen LogP contribution >= 0.6 is 0 Å². The molecule has 154 valence electrons. The maximum atomic E-state index is 12.9. The smallest absolute Gasteiger partial charge is 0.225 e. The van der Waals surface area contributed by atoms with Gasteiger partial charge in [0.1, 0.15) is 5.75 Å². The molecule has 1 aromatic carbocycles. The highest BCUT2D eigenvalue weighted by molar-refractivity contribution is 5.84. The molecular formula is C21H31N3O4. The molecule has 2 fully saturated rings. The SMILES string of the molecule is COc1ccc([C@H]2[C@H](C(=O)NCCCN3CCOCC3)CCC(=O)N2C)cc1. The lowest BCUT2D eigenvalue weighted by molar-refractivity contribution is -0.141. The van der Waals surface area contributed by atoms with Crippen LogP contribution in [0.15, 0.2) is 24.3 Å². The van der Waals surface area contributed by atoms with Crippen molar-refractivity contribution in [3.05, 3.63) is 29.8 Å². The lowest BCUT2D eigenvalue weighted by Crippen LogP contribution is -2.46. The van der Waals surface area contributed by atoms with Gasteiger partial charge in [0.05, 0.1) is 32.3 Å². The van der Waals surface area contributed by atoms with Crippen LogP contribution in [0, 0.1) is 5.92 Å². The first-order valence-corrected chi connectivity index (χ1v) is 10.1. The fourth-order valence-electron chi connectivity index (χ4n) is 4.04. The van der Waals surface area contributed by atoms with E-state index in [1.165, 1.54) is 0 Å². The minimum atomic E-state index is -0.244. The minimum Gasteiger partial charge on any atom is -0.497 e. The maximum Gasteiger partial charge on any atom is 0.225 e. The zero-order valence-corrected chi connectivity index (χ0v) is 16.9. The van der Waals surface area contributed by atoms with Gasteiger partial charge in [0, 0.05) is 33.1 Å². The summed E-state index contributed by atoms with van der Waals surface area (Å²) in [6.45, 7) is 5.12. The summed E-state index contributed by atoms with van der Waals surface area (Å²) in [4.78, 5) is 29.2. The van der Waals surface area contributed by atoms with E-state index in [4.69, 9.17) is 9.47 Å². The van der Waals surface area contributed by atoms with Crippen molar-refractivity contribution in [2.75, 3.05) is 53.6 Å². The van der Waals surface area contributed by atoms with Gasteiger partial charge in [-0.2, -0.15) is 0 Å². The maximum absolute atomic E-state index is 12.9. The number of morpholine rings is 1. The highest BCUT2D eigenvalue weighted by Gasteiger charge is 2.38. The third-order valence-electron chi connectivity index (χ3n) is 5.71. The number of hydrogen-bond acceptors (Lipinski definition) is 5. The molecule has 2 aliphatic heterocycles. The van der Waals surface area contributed by atoms with E-state index in [1.807, 2.05) is 24.3 Å².